The van der Waals surface area contributed by atoms with Gasteiger partial charge in [0, 0.05) is 26.8 Å². The number of hydrogen-bond acceptors (Lipinski definition) is 6. The van der Waals surface area contributed by atoms with Crippen molar-refractivity contribution >= 4 is 27.9 Å². The van der Waals surface area contributed by atoms with Crippen LogP contribution in [0.4, 0.5) is 10.7 Å². The number of anilines is 2. The van der Waals surface area contributed by atoms with Gasteiger partial charge in [0.05, 0.1) is 5.69 Å². The van der Waals surface area contributed by atoms with E-state index < -0.39 is 0 Å². The first-order valence-corrected chi connectivity index (χ1v) is 6.80. The summed E-state index contributed by atoms with van der Waals surface area (Å²) in [6.07, 6.45) is 0.815. The Bertz CT molecular complexity index is 479. The van der Waals surface area contributed by atoms with Crippen molar-refractivity contribution in [3.63, 3.8) is 0 Å². The number of rotatable bonds is 7. The zero-order valence-electron chi connectivity index (χ0n) is 11.1. The van der Waals surface area contributed by atoms with Crippen molar-refractivity contribution in [3.8, 4) is 6.07 Å². The maximum absolute atomic E-state index is 11.8. The van der Waals surface area contributed by atoms with Crippen molar-refractivity contribution < 1.29 is 9.53 Å². The summed E-state index contributed by atoms with van der Waals surface area (Å²) in [5, 5.41) is 15.5. The van der Waals surface area contributed by atoms with Gasteiger partial charge >= 0.3 is 0 Å². The number of nitrogens with one attached hydrogen (secondary N) is 2. The standard InChI is InChI=1S/C12H18N4O2S/c1-3-15-11(17)10-9(14)8(7-13)12(19-10)16-5-4-6-18-2/h16H,3-6,14H2,1-2H3,(H,15,17). The quantitative estimate of drug-likeness (QED) is 0.656. The lowest BCUT2D eigenvalue weighted by atomic mass is 10.2. The first-order chi connectivity index (χ1) is 9.15. The lowest BCUT2D eigenvalue weighted by molar-refractivity contribution is 0.0960. The van der Waals surface area contributed by atoms with E-state index in [-0.39, 0.29) is 11.6 Å². The number of thiophene rings is 1. The van der Waals surface area contributed by atoms with E-state index in [0.717, 1.165) is 6.42 Å². The van der Waals surface area contributed by atoms with Gasteiger partial charge < -0.3 is 21.1 Å². The van der Waals surface area contributed by atoms with Gasteiger partial charge in [-0.2, -0.15) is 5.26 Å². The molecule has 0 aromatic carbocycles. The average Bonchev–Trinajstić information content (AvgIpc) is 2.71. The highest BCUT2D eigenvalue weighted by Gasteiger charge is 2.20. The second-order valence-corrected chi connectivity index (χ2v) is 4.81. The van der Waals surface area contributed by atoms with E-state index in [1.54, 1.807) is 7.11 Å². The number of hydrogen-bond donors (Lipinski definition) is 3. The molecule has 0 bridgehead atoms. The second kappa shape index (κ2) is 7.61. The Labute approximate surface area is 116 Å². The van der Waals surface area contributed by atoms with Gasteiger partial charge in [0.25, 0.3) is 5.91 Å². The Kier molecular flexibility index (Phi) is 6.12. The highest BCUT2D eigenvalue weighted by molar-refractivity contribution is 7.18. The molecule has 1 heterocycles. The minimum atomic E-state index is -0.244. The van der Waals surface area contributed by atoms with E-state index in [1.807, 2.05) is 13.0 Å². The number of carbonyl (C=O) groups excluding carboxylic acids is 1. The fourth-order valence-corrected chi connectivity index (χ4v) is 2.52. The topological polar surface area (TPSA) is 100 Å². The van der Waals surface area contributed by atoms with Crippen LogP contribution in [0.5, 0.6) is 0 Å². The summed E-state index contributed by atoms with van der Waals surface area (Å²) in [6, 6.07) is 2.03. The minimum absolute atomic E-state index is 0.243. The van der Waals surface area contributed by atoms with Crippen LogP contribution in [-0.2, 0) is 4.74 Å². The van der Waals surface area contributed by atoms with Gasteiger partial charge in [-0.15, -0.1) is 11.3 Å². The molecule has 4 N–H and O–H groups in total. The molecule has 0 unspecified atom stereocenters. The van der Waals surface area contributed by atoms with Gasteiger partial charge in [0.1, 0.15) is 21.5 Å². The largest absolute Gasteiger partial charge is 0.396 e. The van der Waals surface area contributed by atoms with Crippen molar-refractivity contribution in [1.29, 1.82) is 5.26 Å². The van der Waals surface area contributed by atoms with Crippen molar-refractivity contribution in [2.45, 2.75) is 13.3 Å². The van der Waals surface area contributed by atoms with Gasteiger partial charge in [-0.3, -0.25) is 4.79 Å². The van der Waals surface area contributed by atoms with E-state index >= 15 is 0 Å². The zero-order chi connectivity index (χ0) is 14.3. The Morgan fingerprint density at radius 2 is 2.32 bits per heavy atom. The van der Waals surface area contributed by atoms with Gasteiger partial charge in [-0.1, -0.05) is 0 Å². The third-order valence-corrected chi connectivity index (χ3v) is 3.57. The smallest absolute Gasteiger partial charge is 0.263 e. The number of ether oxygens (including phenoxy) is 1. The number of nitriles is 1. The molecule has 0 aliphatic rings. The van der Waals surface area contributed by atoms with Crippen LogP contribution in [-0.4, -0.2) is 32.7 Å². The maximum atomic E-state index is 11.8. The number of nitrogens with zero attached hydrogens (tertiary/aromatic N) is 1. The van der Waals surface area contributed by atoms with Crippen LogP contribution < -0.4 is 16.4 Å². The van der Waals surface area contributed by atoms with Crippen LogP contribution >= 0.6 is 11.3 Å². The van der Waals surface area contributed by atoms with Gasteiger partial charge in [-0.05, 0) is 13.3 Å². The van der Waals surface area contributed by atoms with Crippen LogP contribution in [0.25, 0.3) is 0 Å². The summed E-state index contributed by atoms with van der Waals surface area (Å²) < 4.78 is 4.95. The molecule has 7 heteroatoms. The highest BCUT2D eigenvalue weighted by atomic mass is 32.1. The summed E-state index contributed by atoms with van der Waals surface area (Å²) in [5.41, 5.74) is 6.42. The predicted molar refractivity (Wildman–Crippen MR) is 76.4 cm³/mol. The molecular weight excluding hydrogens is 264 g/mol. The molecule has 1 amide bonds. The Morgan fingerprint density at radius 3 is 2.89 bits per heavy atom. The number of nitrogens with two attached hydrogens (primary N) is 1. The predicted octanol–water partition coefficient (Wildman–Crippen LogP) is 1.40. The van der Waals surface area contributed by atoms with Crippen molar-refractivity contribution in [3.05, 3.63) is 10.4 Å². The van der Waals surface area contributed by atoms with Gasteiger partial charge in [0.15, 0.2) is 0 Å². The van der Waals surface area contributed by atoms with E-state index in [4.69, 9.17) is 15.7 Å². The lowest BCUT2D eigenvalue weighted by Gasteiger charge is -2.03. The van der Waals surface area contributed by atoms with E-state index in [1.165, 1.54) is 11.3 Å². The molecule has 19 heavy (non-hydrogen) atoms. The van der Waals surface area contributed by atoms with Gasteiger partial charge in [0.2, 0.25) is 0 Å². The SMILES string of the molecule is CCNC(=O)c1sc(NCCCOC)c(C#N)c1N. The third-order valence-electron chi connectivity index (χ3n) is 2.41. The first-order valence-electron chi connectivity index (χ1n) is 5.99. The fourth-order valence-electron chi connectivity index (χ4n) is 1.51. The molecule has 0 radical (unpaired) electrons. The molecule has 0 aliphatic heterocycles. The first kappa shape index (κ1) is 15.3. The monoisotopic (exact) mass is 282 g/mol. The van der Waals surface area contributed by atoms with Crippen LogP contribution in [0.2, 0.25) is 0 Å². The zero-order valence-corrected chi connectivity index (χ0v) is 11.9. The number of methoxy groups -OCH3 is 1. The molecule has 0 saturated heterocycles. The molecule has 0 aliphatic carbocycles. The summed E-state index contributed by atoms with van der Waals surface area (Å²) in [7, 11) is 1.64. The molecule has 104 valence electrons. The number of nitrogen functional groups attached to an aromatic ring is 1. The average molecular weight is 282 g/mol. The Morgan fingerprint density at radius 1 is 1.58 bits per heavy atom. The van der Waals surface area contributed by atoms with Crippen molar-refractivity contribution in [2.24, 2.45) is 0 Å². The van der Waals surface area contributed by atoms with Crippen LogP contribution in [0.3, 0.4) is 0 Å². The molecule has 0 fully saturated rings. The van der Waals surface area contributed by atoms with Crippen molar-refractivity contribution in [1.82, 2.24) is 5.32 Å². The molecule has 1 aromatic rings. The molecule has 1 aromatic heterocycles. The Balaban J connectivity index is 2.84. The summed E-state index contributed by atoms with van der Waals surface area (Å²) in [6.45, 7) is 3.65. The summed E-state index contributed by atoms with van der Waals surface area (Å²) in [4.78, 5) is 12.2. The normalized spacial score (nSPS) is 9.95. The highest BCUT2D eigenvalue weighted by Crippen LogP contribution is 2.34. The molecule has 1 rings (SSSR count). The Hall–Kier alpha value is -1.78. The van der Waals surface area contributed by atoms with Crippen LogP contribution in [0, 0.1) is 11.3 Å². The third kappa shape index (κ3) is 3.84. The van der Waals surface area contributed by atoms with Gasteiger partial charge in [-0.25, -0.2) is 0 Å². The molecular formula is C12H18N4O2S. The van der Waals surface area contributed by atoms with E-state index in [2.05, 4.69) is 10.6 Å². The maximum Gasteiger partial charge on any atom is 0.263 e. The molecule has 0 atom stereocenters. The minimum Gasteiger partial charge on any atom is -0.396 e. The van der Waals surface area contributed by atoms with E-state index in [0.29, 0.717) is 35.1 Å². The van der Waals surface area contributed by atoms with Crippen LogP contribution in [0.15, 0.2) is 0 Å². The summed E-state index contributed by atoms with van der Waals surface area (Å²) in [5.74, 6) is -0.244. The number of amides is 1. The second-order valence-electron chi connectivity index (χ2n) is 3.79. The molecule has 0 spiro atoms. The lowest BCUT2D eigenvalue weighted by Crippen LogP contribution is -2.22. The van der Waals surface area contributed by atoms with Crippen LogP contribution in [0.1, 0.15) is 28.6 Å². The van der Waals surface area contributed by atoms with Crippen molar-refractivity contribution in [2.75, 3.05) is 37.9 Å². The fraction of sp³-hybridized carbons (Fsp3) is 0.500. The number of carbonyl (C=O) groups is 1. The van der Waals surface area contributed by atoms with E-state index in [9.17, 15) is 4.79 Å². The summed E-state index contributed by atoms with van der Waals surface area (Å²) >= 11 is 1.21. The molecule has 6 nitrogen and oxygen atoms in total. The molecule has 0 saturated carbocycles.